The topological polar surface area (TPSA) is 122 Å². The second-order valence-corrected chi connectivity index (χ2v) is 4.81. The predicted octanol–water partition coefficient (Wildman–Crippen LogP) is 1.29. The molecule has 1 aromatic carbocycles. The average Bonchev–Trinajstić information content (AvgIpc) is 2.58. The molecule has 2 amide bonds. The van der Waals surface area contributed by atoms with Crippen LogP contribution in [0.1, 0.15) is 6.42 Å². The lowest BCUT2D eigenvalue weighted by Gasteiger charge is -2.18. The fourth-order valence-electron chi connectivity index (χ4n) is 1.76. The molecule has 25 heavy (non-hydrogen) atoms. The van der Waals surface area contributed by atoms with Gasteiger partial charge in [0.05, 0.1) is 6.42 Å². The largest absolute Gasteiger partial charge is 0.481 e. The Morgan fingerprint density at radius 1 is 1.24 bits per heavy atom. The second kappa shape index (κ2) is 9.81. The summed E-state index contributed by atoms with van der Waals surface area (Å²) in [6.07, 6.45) is -2.27. The first-order valence-electron chi connectivity index (χ1n) is 7.13. The van der Waals surface area contributed by atoms with Crippen LogP contribution in [0.5, 0.6) is 0 Å². The number of benzene rings is 1. The molecule has 2 unspecified atom stereocenters. The molecule has 8 nitrogen and oxygen atoms in total. The number of carbonyl (C=O) groups is 4. The van der Waals surface area contributed by atoms with Crippen LogP contribution in [0.25, 0.3) is 0 Å². The van der Waals surface area contributed by atoms with E-state index in [1.807, 2.05) is 5.32 Å². The summed E-state index contributed by atoms with van der Waals surface area (Å²) >= 11 is 0. The summed E-state index contributed by atoms with van der Waals surface area (Å²) in [6.45, 7) is 1.90. The monoisotopic (exact) mass is 352 g/mol. The van der Waals surface area contributed by atoms with Gasteiger partial charge >= 0.3 is 12.1 Å². The van der Waals surface area contributed by atoms with E-state index >= 15 is 0 Å². The van der Waals surface area contributed by atoms with E-state index < -0.39 is 49.0 Å². The summed E-state index contributed by atoms with van der Waals surface area (Å²) in [4.78, 5) is 45.8. The number of carbonyl (C=O) groups excluding carboxylic acids is 3. The van der Waals surface area contributed by atoms with Gasteiger partial charge in [-0.15, -0.1) is 0 Å². The highest BCUT2D eigenvalue weighted by Crippen LogP contribution is 2.07. The molecule has 0 aliphatic rings. The predicted molar refractivity (Wildman–Crippen MR) is 85.7 cm³/mol. The Labute approximate surface area is 142 Å². The number of para-hydroxylation sites is 1. The molecule has 0 aromatic heterocycles. The number of hydrogen-bond acceptors (Lipinski definition) is 5. The molecule has 1 rings (SSSR count). The van der Waals surface area contributed by atoms with E-state index in [1.54, 1.807) is 30.3 Å². The minimum atomic E-state index is -1.57. The fourth-order valence-corrected chi connectivity index (χ4v) is 1.76. The number of carboxylic acids is 1. The van der Waals surface area contributed by atoms with Crippen molar-refractivity contribution in [1.82, 2.24) is 5.32 Å². The Morgan fingerprint density at radius 2 is 1.88 bits per heavy atom. The molecule has 0 saturated heterocycles. The van der Waals surface area contributed by atoms with Crippen molar-refractivity contribution in [2.45, 2.75) is 18.6 Å². The van der Waals surface area contributed by atoms with Gasteiger partial charge in [0, 0.05) is 5.69 Å². The molecule has 0 saturated carbocycles. The first-order chi connectivity index (χ1) is 11.9. The van der Waals surface area contributed by atoms with E-state index in [-0.39, 0.29) is 0 Å². The average molecular weight is 352 g/mol. The number of anilines is 1. The molecule has 0 bridgehead atoms. The Bertz CT molecular complexity index is 649. The summed E-state index contributed by atoms with van der Waals surface area (Å²) in [6, 6.07) is 6.69. The van der Waals surface area contributed by atoms with Crippen molar-refractivity contribution in [1.29, 1.82) is 0 Å². The lowest BCUT2D eigenvalue weighted by atomic mass is 10.1. The summed E-state index contributed by atoms with van der Waals surface area (Å²) in [7, 11) is 0. The third-order valence-corrected chi connectivity index (χ3v) is 2.94. The van der Waals surface area contributed by atoms with Gasteiger partial charge < -0.3 is 15.2 Å². The summed E-state index contributed by atoms with van der Waals surface area (Å²) in [5, 5.41) is 13.1. The van der Waals surface area contributed by atoms with Gasteiger partial charge in [0.25, 0.3) is 5.91 Å². The molecule has 9 heteroatoms. The normalized spacial score (nSPS) is 12.4. The van der Waals surface area contributed by atoms with E-state index in [9.17, 15) is 23.6 Å². The number of Topliss-reactive ketones (excluding diaryl/α,β-unsaturated/α-hetero) is 1. The zero-order chi connectivity index (χ0) is 18.8. The van der Waals surface area contributed by atoms with Crippen molar-refractivity contribution in [3.8, 4) is 0 Å². The molecular weight excluding hydrogens is 335 g/mol. The standard InChI is InChI=1S/C16H17FN2O6/c1-2-13(25-16(24)18-10-6-4-3-5-7-10)15(23)19-11(8-14(21)22)12(20)9-17/h2-7,11,13H,1,8-9H2,(H,18,24)(H,19,23)(H,21,22). The van der Waals surface area contributed by atoms with E-state index in [0.717, 1.165) is 6.08 Å². The van der Waals surface area contributed by atoms with Gasteiger partial charge in [-0.2, -0.15) is 0 Å². The highest BCUT2D eigenvalue weighted by Gasteiger charge is 2.27. The number of ketones is 1. The molecule has 3 N–H and O–H groups in total. The Kier molecular flexibility index (Phi) is 7.77. The van der Waals surface area contributed by atoms with Gasteiger partial charge in [-0.3, -0.25) is 19.7 Å². The maximum absolute atomic E-state index is 12.5. The van der Waals surface area contributed by atoms with E-state index in [0.29, 0.717) is 5.69 Å². The van der Waals surface area contributed by atoms with Crippen LogP contribution in [0.2, 0.25) is 0 Å². The molecule has 0 aliphatic carbocycles. The SMILES string of the molecule is C=CC(OC(=O)Nc1ccccc1)C(=O)NC(CC(=O)O)C(=O)CF. The highest BCUT2D eigenvalue weighted by molar-refractivity contribution is 5.95. The molecule has 134 valence electrons. The Balaban J connectivity index is 2.68. The number of carboxylic acid groups (broad SMARTS) is 1. The van der Waals surface area contributed by atoms with Crippen molar-refractivity contribution < 1.29 is 33.4 Å². The number of rotatable bonds is 9. The maximum atomic E-state index is 12.5. The van der Waals surface area contributed by atoms with Crippen molar-refractivity contribution >= 4 is 29.4 Å². The number of amides is 2. The van der Waals surface area contributed by atoms with Gasteiger partial charge in [0.2, 0.25) is 0 Å². The van der Waals surface area contributed by atoms with Gasteiger partial charge in [0.1, 0.15) is 12.7 Å². The Hall–Kier alpha value is -3.23. The van der Waals surface area contributed by atoms with Crippen LogP contribution in [0, 0.1) is 0 Å². The Morgan fingerprint density at radius 3 is 2.40 bits per heavy atom. The van der Waals surface area contributed by atoms with Crippen LogP contribution >= 0.6 is 0 Å². The molecular formula is C16H17FN2O6. The zero-order valence-electron chi connectivity index (χ0n) is 13.1. The fraction of sp³-hybridized carbons (Fsp3) is 0.250. The van der Waals surface area contributed by atoms with Crippen molar-refractivity contribution in [2.75, 3.05) is 12.0 Å². The number of ether oxygens (including phenoxy) is 1. The summed E-state index contributed by atoms with van der Waals surface area (Å²) in [5.74, 6) is -3.50. The summed E-state index contributed by atoms with van der Waals surface area (Å²) < 4.78 is 17.3. The number of halogens is 1. The van der Waals surface area contributed by atoms with Crippen molar-refractivity contribution in [2.24, 2.45) is 0 Å². The van der Waals surface area contributed by atoms with E-state index in [4.69, 9.17) is 9.84 Å². The molecule has 1 aromatic rings. The minimum absolute atomic E-state index is 0.423. The first-order valence-corrected chi connectivity index (χ1v) is 7.13. The smallest absolute Gasteiger partial charge is 0.412 e. The van der Waals surface area contributed by atoms with Crippen LogP contribution in [0.3, 0.4) is 0 Å². The second-order valence-electron chi connectivity index (χ2n) is 4.81. The molecule has 0 aliphatic heterocycles. The lowest BCUT2D eigenvalue weighted by molar-refractivity contribution is -0.140. The number of hydrogen-bond donors (Lipinski definition) is 3. The number of nitrogens with one attached hydrogen (secondary N) is 2. The third-order valence-electron chi connectivity index (χ3n) is 2.94. The molecule has 0 spiro atoms. The minimum Gasteiger partial charge on any atom is -0.481 e. The zero-order valence-corrected chi connectivity index (χ0v) is 13.1. The van der Waals surface area contributed by atoms with Crippen LogP contribution in [0.15, 0.2) is 43.0 Å². The van der Waals surface area contributed by atoms with Gasteiger partial charge in [-0.05, 0) is 18.2 Å². The highest BCUT2D eigenvalue weighted by atomic mass is 19.1. The number of aliphatic carboxylic acids is 1. The number of alkyl halides is 1. The maximum Gasteiger partial charge on any atom is 0.412 e. The van der Waals surface area contributed by atoms with Crippen molar-refractivity contribution in [3.63, 3.8) is 0 Å². The molecule has 0 fully saturated rings. The van der Waals surface area contributed by atoms with Gasteiger partial charge in [-0.1, -0.05) is 24.8 Å². The quantitative estimate of drug-likeness (QED) is 0.576. The van der Waals surface area contributed by atoms with Crippen LogP contribution in [0.4, 0.5) is 14.9 Å². The molecule has 0 radical (unpaired) electrons. The van der Waals surface area contributed by atoms with Crippen LogP contribution in [-0.4, -0.2) is 47.7 Å². The third kappa shape index (κ3) is 6.81. The molecule has 0 heterocycles. The van der Waals surface area contributed by atoms with E-state index in [2.05, 4.69) is 11.9 Å². The van der Waals surface area contributed by atoms with Gasteiger partial charge in [0.15, 0.2) is 11.9 Å². The van der Waals surface area contributed by atoms with Crippen LogP contribution in [-0.2, 0) is 19.1 Å². The first kappa shape index (κ1) is 19.8. The molecule has 2 atom stereocenters. The van der Waals surface area contributed by atoms with Crippen molar-refractivity contribution in [3.05, 3.63) is 43.0 Å². The summed E-state index contributed by atoms with van der Waals surface area (Å²) in [5.41, 5.74) is 0.423. The van der Waals surface area contributed by atoms with E-state index in [1.165, 1.54) is 0 Å². The lowest BCUT2D eigenvalue weighted by Crippen LogP contribution is -2.47. The van der Waals surface area contributed by atoms with Crippen LogP contribution < -0.4 is 10.6 Å². The van der Waals surface area contributed by atoms with Gasteiger partial charge in [-0.25, -0.2) is 9.18 Å².